The maximum absolute atomic E-state index is 14.1. The van der Waals surface area contributed by atoms with Crippen molar-refractivity contribution < 1.29 is 8.78 Å². The molecule has 114 valence electrons. The molecule has 4 rings (SSSR count). The summed E-state index contributed by atoms with van der Waals surface area (Å²) in [6.45, 7) is 0. The van der Waals surface area contributed by atoms with Crippen molar-refractivity contribution in [3.05, 3.63) is 47.8 Å². The average molecular weight is 313 g/mol. The van der Waals surface area contributed by atoms with Gasteiger partial charge in [0.15, 0.2) is 5.82 Å². The summed E-state index contributed by atoms with van der Waals surface area (Å²) >= 11 is 0. The Bertz CT molecular complexity index is 928. The van der Waals surface area contributed by atoms with Gasteiger partial charge < -0.3 is 11.1 Å². The number of fused-ring (bicyclic) bond motifs is 3. The second kappa shape index (κ2) is 4.83. The zero-order valence-corrected chi connectivity index (χ0v) is 11.5. The van der Waals surface area contributed by atoms with Crippen LogP contribution in [-0.2, 0) is 0 Å². The zero-order valence-electron chi connectivity index (χ0n) is 11.5. The highest BCUT2D eigenvalue weighted by Crippen LogP contribution is 2.35. The van der Waals surface area contributed by atoms with E-state index in [0.717, 1.165) is 12.1 Å². The number of benzene rings is 1. The average Bonchev–Trinajstić information content (AvgIpc) is 2.90. The summed E-state index contributed by atoms with van der Waals surface area (Å²) in [5, 5.41) is 9.57. The first-order valence-corrected chi connectivity index (χ1v) is 6.60. The second-order valence-electron chi connectivity index (χ2n) is 4.81. The SMILES string of the molecule is Nc1ncc2c(n1)N=C(c1c(F)cccc1F)Nc1cn[nH]c1-2. The van der Waals surface area contributed by atoms with Crippen molar-refractivity contribution in [1.29, 1.82) is 0 Å². The van der Waals surface area contributed by atoms with Crippen molar-refractivity contribution in [3.8, 4) is 11.3 Å². The molecular formula is C14H9F2N7. The third-order valence-corrected chi connectivity index (χ3v) is 3.37. The fourth-order valence-electron chi connectivity index (χ4n) is 2.34. The molecule has 0 spiro atoms. The normalized spacial score (nSPS) is 12.7. The molecule has 0 saturated heterocycles. The van der Waals surface area contributed by atoms with Gasteiger partial charge in [-0.25, -0.2) is 18.8 Å². The molecule has 3 heterocycles. The van der Waals surface area contributed by atoms with Crippen LogP contribution in [-0.4, -0.2) is 26.0 Å². The zero-order chi connectivity index (χ0) is 16.0. The van der Waals surface area contributed by atoms with Crippen molar-refractivity contribution in [3.63, 3.8) is 0 Å². The lowest BCUT2D eigenvalue weighted by atomic mass is 10.1. The molecule has 0 atom stereocenters. The number of hydrogen-bond donors (Lipinski definition) is 3. The molecule has 3 aromatic rings. The molecule has 1 aromatic carbocycles. The van der Waals surface area contributed by atoms with Crippen molar-refractivity contribution in [2.75, 3.05) is 11.1 Å². The second-order valence-corrected chi connectivity index (χ2v) is 4.81. The number of H-pyrrole nitrogens is 1. The fourth-order valence-corrected chi connectivity index (χ4v) is 2.34. The van der Waals surface area contributed by atoms with Gasteiger partial charge in [0.05, 0.1) is 28.7 Å². The third-order valence-electron chi connectivity index (χ3n) is 3.37. The van der Waals surface area contributed by atoms with E-state index in [2.05, 4.69) is 30.5 Å². The minimum absolute atomic E-state index is 0.00354. The molecule has 0 unspecified atom stereocenters. The van der Waals surface area contributed by atoms with Crippen LogP contribution in [0.2, 0.25) is 0 Å². The topological polar surface area (TPSA) is 105 Å². The van der Waals surface area contributed by atoms with Crippen LogP contribution in [0.25, 0.3) is 11.3 Å². The van der Waals surface area contributed by atoms with Gasteiger partial charge in [-0.1, -0.05) is 6.07 Å². The molecular weight excluding hydrogens is 304 g/mol. The van der Waals surface area contributed by atoms with Crippen LogP contribution in [0.1, 0.15) is 5.56 Å². The number of aromatic amines is 1. The largest absolute Gasteiger partial charge is 0.368 e. The summed E-state index contributed by atoms with van der Waals surface area (Å²) in [7, 11) is 0. The maximum Gasteiger partial charge on any atom is 0.222 e. The van der Waals surface area contributed by atoms with Crippen LogP contribution < -0.4 is 11.1 Å². The van der Waals surface area contributed by atoms with E-state index < -0.39 is 11.6 Å². The number of nitrogens with two attached hydrogens (primary N) is 1. The lowest BCUT2D eigenvalue weighted by Crippen LogP contribution is -2.16. The fraction of sp³-hybridized carbons (Fsp3) is 0. The third kappa shape index (κ3) is 2.09. The minimum Gasteiger partial charge on any atom is -0.368 e. The molecule has 0 radical (unpaired) electrons. The Kier molecular flexibility index (Phi) is 2.80. The minimum atomic E-state index is -0.744. The van der Waals surface area contributed by atoms with Gasteiger partial charge in [0.25, 0.3) is 0 Å². The molecule has 0 bridgehead atoms. The number of nitrogen functional groups attached to an aromatic ring is 1. The van der Waals surface area contributed by atoms with E-state index in [1.165, 1.54) is 18.5 Å². The maximum atomic E-state index is 14.1. The number of nitrogens with one attached hydrogen (secondary N) is 2. The van der Waals surface area contributed by atoms with Crippen molar-refractivity contribution in [2.24, 2.45) is 4.99 Å². The van der Waals surface area contributed by atoms with Gasteiger partial charge in [0, 0.05) is 6.20 Å². The number of aromatic nitrogens is 4. The molecule has 9 heteroatoms. The summed E-state index contributed by atoms with van der Waals surface area (Å²) in [6.07, 6.45) is 2.95. The number of amidine groups is 1. The standard InChI is InChI=1S/C14H9F2N7/c15-7-2-1-3-8(16)10(7)13-20-9-5-19-23-11(9)6-4-18-14(17)22-12(6)21-13/h1-5H,(H,19,23)(H3,17,18,20,21,22). The van der Waals surface area contributed by atoms with E-state index in [9.17, 15) is 8.78 Å². The Balaban J connectivity index is 2.00. The van der Waals surface area contributed by atoms with Crippen LogP contribution in [0, 0.1) is 11.6 Å². The molecule has 4 N–H and O–H groups in total. The Morgan fingerprint density at radius 3 is 2.65 bits per heavy atom. The lowest BCUT2D eigenvalue weighted by molar-refractivity contribution is 0.579. The Morgan fingerprint density at radius 1 is 1.09 bits per heavy atom. The first-order chi connectivity index (χ1) is 11.1. The predicted octanol–water partition coefficient (Wildman–Crippen LogP) is 2.23. The molecule has 7 nitrogen and oxygen atoms in total. The summed E-state index contributed by atoms with van der Waals surface area (Å²) in [5.41, 5.74) is 6.87. The molecule has 23 heavy (non-hydrogen) atoms. The van der Waals surface area contributed by atoms with Crippen LogP contribution in [0.5, 0.6) is 0 Å². The number of rotatable bonds is 1. The Morgan fingerprint density at radius 2 is 1.87 bits per heavy atom. The van der Waals surface area contributed by atoms with E-state index in [0.29, 0.717) is 16.9 Å². The van der Waals surface area contributed by atoms with Crippen molar-refractivity contribution in [1.82, 2.24) is 20.2 Å². The van der Waals surface area contributed by atoms with E-state index in [4.69, 9.17) is 5.73 Å². The van der Waals surface area contributed by atoms with Gasteiger partial charge in [0.2, 0.25) is 5.95 Å². The van der Waals surface area contributed by atoms with Crippen molar-refractivity contribution in [2.45, 2.75) is 0 Å². The summed E-state index contributed by atoms with van der Waals surface area (Å²) in [6, 6.07) is 3.58. The van der Waals surface area contributed by atoms with E-state index >= 15 is 0 Å². The number of anilines is 2. The van der Waals surface area contributed by atoms with Gasteiger partial charge in [-0.3, -0.25) is 5.10 Å². The molecule has 2 aromatic heterocycles. The van der Waals surface area contributed by atoms with Gasteiger partial charge in [-0.05, 0) is 12.1 Å². The quantitative estimate of drug-likeness (QED) is 0.639. The van der Waals surface area contributed by atoms with Crippen LogP contribution >= 0.6 is 0 Å². The van der Waals surface area contributed by atoms with Gasteiger partial charge in [0.1, 0.15) is 17.5 Å². The van der Waals surface area contributed by atoms with Gasteiger partial charge in [-0.2, -0.15) is 10.1 Å². The highest BCUT2D eigenvalue weighted by atomic mass is 19.1. The Hall–Kier alpha value is -3.36. The first-order valence-electron chi connectivity index (χ1n) is 6.60. The molecule has 0 fully saturated rings. The van der Waals surface area contributed by atoms with Crippen LogP contribution in [0.15, 0.2) is 35.6 Å². The molecule has 0 aliphatic carbocycles. The number of aliphatic imine (C=N–C) groups is 1. The predicted molar refractivity (Wildman–Crippen MR) is 80.2 cm³/mol. The number of nitrogens with zero attached hydrogens (tertiary/aromatic N) is 4. The van der Waals surface area contributed by atoms with Crippen LogP contribution in [0.4, 0.5) is 26.2 Å². The highest BCUT2D eigenvalue weighted by molar-refractivity contribution is 6.12. The number of hydrogen-bond acceptors (Lipinski definition) is 6. The summed E-state index contributed by atoms with van der Waals surface area (Å²) < 4.78 is 28.2. The molecule has 0 amide bonds. The highest BCUT2D eigenvalue weighted by Gasteiger charge is 2.23. The van der Waals surface area contributed by atoms with Crippen LogP contribution in [0.3, 0.4) is 0 Å². The summed E-state index contributed by atoms with van der Waals surface area (Å²) in [4.78, 5) is 12.2. The molecule has 1 aliphatic heterocycles. The van der Waals surface area contributed by atoms with Gasteiger partial charge >= 0.3 is 0 Å². The first kappa shape index (κ1) is 13.3. The smallest absolute Gasteiger partial charge is 0.222 e. The van der Waals surface area contributed by atoms with Crippen molar-refractivity contribution >= 4 is 23.3 Å². The monoisotopic (exact) mass is 313 g/mol. The van der Waals surface area contributed by atoms with E-state index in [1.807, 2.05) is 0 Å². The number of halogens is 2. The van der Waals surface area contributed by atoms with E-state index in [-0.39, 0.29) is 23.2 Å². The molecule has 1 aliphatic rings. The molecule has 0 saturated carbocycles. The lowest BCUT2D eigenvalue weighted by Gasteiger charge is -2.09. The summed E-state index contributed by atoms with van der Waals surface area (Å²) in [5.74, 6) is -1.33. The Labute approximate surface area is 128 Å². The van der Waals surface area contributed by atoms with E-state index in [1.54, 1.807) is 0 Å². The van der Waals surface area contributed by atoms with Gasteiger partial charge in [-0.15, -0.1) is 0 Å².